The zero-order valence-corrected chi connectivity index (χ0v) is 17.5. The number of H-pyrrole nitrogens is 1. The topological polar surface area (TPSA) is 166 Å². The highest BCUT2D eigenvalue weighted by atomic mass is 32.2. The molecule has 28 heavy (non-hydrogen) atoms. The Bertz CT molecular complexity index is 679. The van der Waals surface area contributed by atoms with Crippen molar-refractivity contribution < 1.29 is 9.59 Å². The predicted molar refractivity (Wildman–Crippen MR) is 114 cm³/mol. The fraction of sp³-hybridized carbons (Fsp3) is 0.588. The maximum absolute atomic E-state index is 11.7. The number of aromatic nitrogens is 2. The zero-order valence-electron chi connectivity index (χ0n) is 16.7. The summed E-state index contributed by atoms with van der Waals surface area (Å²) in [7, 11) is 0. The van der Waals surface area contributed by atoms with E-state index in [9.17, 15) is 14.4 Å². The monoisotopic (exact) mass is 413 g/mol. The number of hydrogen-bond acceptors (Lipinski definition) is 6. The Balaban J connectivity index is 0.00000352. The summed E-state index contributed by atoms with van der Waals surface area (Å²) in [6.07, 6.45) is 2.51. The van der Waals surface area contributed by atoms with Gasteiger partial charge < -0.3 is 16.4 Å². The smallest absolute Gasteiger partial charge is 0.321 e. The molecule has 158 valence electrons. The van der Waals surface area contributed by atoms with Crippen molar-refractivity contribution in [3.63, 3.8) is 0 Å². The second-order valence-electron chi connectivity index (χ2n) is 5.49. The number of unbranched alkanes of at least 4 members (excludes halogenated alkanes) is 1. The first-order chi connectivity index (χ1) is 13.4. The molecule has 10 nitrogen and oxygen atoms in total. The standard InChI is InChI=1S/C15H25N7O3S.C2H6/c1-10-9-12(24)21-14(20-10)22-15(25)19-7-3-2-6-18-11(23)5-4-8-26-13(16)17;1-2/h9H,2-8H2,1H3,(H3,16,17)(H,18,23)(H3,19,20,21,22,24,25);1-2H3. The molecule has 0 atom stereocenters. The van der Waals surface area contributed by atoms with E-state index in [1.807, 2.05) is 13.8 Å². The summed E-state index contributed by atoms with van der Waals surface area (Å²) >= 11 is 1.22. The van der Waals surface area contributed by atoms with Gasteiger partial charge in [-0.05, 0) is 26.2 Å². The Labute approximate surface area is 169 Å². The van der Waals surface area contributed by atoms with Crippen molar-refractivity contribution in [1.82, 2.24) is 20.6 Å². The van der Waals surface area contributed by atoms with E-state index in [-0.39, 0.29) is 22.6 Å². The van der Waals surface area contributed by atoms with Gasteiger partial charge >= 0.3 is 6.03 Å². The van der Waals surface area contributed by atoms with Crippen molar-refractivity contribution in [2.24, 2.45) is 5.73 Å². The van der Waals surface area contributed by atoms with Crippen LogP contribution in [0.1, 0.15) is 45.2 Å². The van der Waals surface area contributed by atoms with Crippen LogP contribution < -0.4 is 27.2 Å². The highest BCUT2D eigenvalue weighted by Crippen LogP contribution is 2.03. The van der Waals surface area contributed by atoms with Gasteiger partial charge in [0.2, 0.25) is 11.9 Å². The number of urea groups is 1. The lowest BCUT2D eigenvalue weighted by atomic mass is 10.3. The first kappa shape index (κ1) is 25.4. The highest BCUT2D eigenvalue weighted by Gasteiger charge is 2.04. The third-order valence-electron chi connectivity index (χ3n) is 3.12. The number of nitrogens with one attached hydrogen (secondary N) is 5. The van der Waals surface area contributed by atoms with Gasteiger partial charge in [0.25, 0.3) is 5.56 Å². The van der Waals surface area contributed by atoms with Crippen LogP contribution in [-0.4, -0.2) is 45.9 Å². The van der Waals surface area contributed by atoms with Crippen LogP contribution in [0.2, 0.25) is 0 Å². The number of thioether (sulfide) groups is 1. The number of carbonyl (C=O) groups is 2. The zero-order chi connectivity index (χ0) is 21.4. The van der Waals surface area contributed by atoms with Crippen LogP contribution in [0.3, 0.4) is 0 Å². The second kappa shape index (κ2) is 15.5. The highest BCUT2D eigenvalue weighted by molar-refractivity contribution is 8.13. The number of aryl methyl sites for hydroxylation is 1. The third kappa shape index (κ3) is 13.6. The molecule has 0 saturated carbocycles. The molecule has 11 heteroatoms. The first-order valence-corrected chi connectivity index (χ1v) is 10.2. The molecule has 0 fully saturated rings. The van der Waals surface area contributed by atoms with Crippen molar-refractivity contribution in [3.8, 4) is 0 Å². The summed E-state index contributed by atoms with van der Waals surface area (Å²) in [5.41, 5.74) is 5.39. The Hall–Kier alpha value is -2.56. The minimum Gasteiger partial charge on any atom is -0.379 e. The quantitative estimate of drug-likeness (QED) is 0.193. The maximum Gasteiger partial charge on any atom is 0.321 e. The Morgan fingerprint density at radius 1 is 1.21 bits per heavy atom. The van der Waals surface area contributed by atoms with Gasteiger partial charge in [-0.25, -0.2) is 9.78 Å². The van der Waals surface area contributed by atoms with E-state index in [2.05, 4.69) is 25.9 Å². The van der Waals surface area contributed by atoms with Crippen molar-refractivity contribution in [1.29, 1.82) is 5.41 Å². The van der Waals surface area contributed by atoms with Crippen LogP contribution >= 0.6 is 11.8 Å². The van der Waals surface area contributed by atoms with Gasteiger partial charge in [0.15, 0.2) is 5.17 Å². The average molecular weight is 414 g/mol. The van der Waals surface area contributed by atoms with Crippen LogP contribution in [0.4, 0.5) is 10.7 Å². The minimum absolute atomic E-state index is 0.0330. The van der Waals surface area contributed by atoms with E-state index in [4.69, 9.17) is 11.1 Å². The van der Waals surface area contributed by atoms with Crippen LogP contribution in [0, 0.1) is 12.3 Å². The molecule has 0 bridgehead atoms. The van der Waals surface area contributed by atoms with E-state index in [1.165, 1.54) is 17.8 Å². The van der Waals surface area contributed by atoms with Crippen molar-refractivity contribution >= 4 is 34.8 Å². The molecule has 1 rings (SSSR count). The average Bonchev–Trinajstić information content (AvgIpc) is 2.62. The molecule has 0 spiro atoms. The Kier molecular flexibility index (Phi) is 14.1. The molecular weight excluding hydrogens is 382 g/mol. The Morgan fingerprint density at radius 3 is 2.46 bits per heavy atom. The molecular formula is C17H31N7O3S. The van der Waals surface area contributed by atoms with E-state index in [0.29, 0.717) is 43.8 Å². The van der Waals surface area contributed by atoms with E-state index < -0.39 is 6.03 Å². The SMILES string of the molecule is CC.Cc1cc(=O)[nH]c(NC(=O)NCCCCNC(=O)CCCSC(=N)N)n1. The fourth-order valence-electron chi connectivity index (χ4n) is 1.97. The van der Waals surface area contributed by atoms with Crippen LogP contribution in [0.25, 0.3) is 0 Å². The normalized spacial score (nSPS) is 9.68. The molecule has 7 N–H and O–H groups in total. The van der Waals surface area contributed by atoms with Crippen molar-refractivity contribution in [3.05, 3.63) is 22.1 Å². The van der Waals surface area contributed by atoms with Crippen LogP contribution in [0.5, 0.6) is 0 Å². The molecule has 0 aliphatic rings. The molecule has 0 saturated heterocycles. The lowest BCUT2D eigenvalue weighted by Gasteiger charge is -2.08. The lowest BCUT2D eigenvalue weighted by molar-refractivity contribution is -0.121. The van der Waals surface area contributed by atoms with Gasteiger partial charge in [-0.15, -0.1) is 0 Å². The number of nitrogens with two attached hydrogens (primary N) is 1. The number of amides is 3. The molecule has 3 amide bonds. The summed E-state index contributed by atoms with van der Waals surface area (Å²) in [6, 6.07) is 0.880. The lowest BCUT2D eigenvalue weighted by Crippen LogP contribution is -2.31. The van der Waals surface area contributed by atoms with E-state index in [1.54, 1.807) is 6.92 Å². The third-order valence-corrected chi connectivity index (χ3v) is 3.92. The van der Waals surface area contributed by atoms with Gasteiger partial charge in [-0.2, -0.15) is 0 Å². The largest absolute Gasteiger partial charge is 0.379 e. The summed E-state index contributed by atoms with van der Waals surface area (Å²) in [5, 5.41) is 15.0. The van der Waals surface area contributed by atoms with Gasteiger partial charge in [0.1, 0.15) is 0 Å². The van der Waals surface area contributed by atoms with Gasteiger partial charge in [-0.3, -0.25) is 25.3 Å². The maximum atomic E-state index is 11.7. The molecule has 1 heterocycles. The van der Waals surface area contributed by atoms with Gasteiger partial charge in [-0.1, -0.05) is 25.6 Å². The number of amidine groups is 1. The molecule has 1 aromatic heterocycles. The number of aromatic amines is 1. The van der Waals surface area contributed by atoms with Crippen LogP contribution in [-0.2, 0) is 4.79 Å². The summed E-state index contributed by atoms with van der Waals surface area (Å²) in [5.74, 6) is 0.722. The number of anilines is 1. The van der Waals surface area contributed by atoms with Gasteiger partial charge in [0.05, 0.1) is 0 Å². The first-order valence-electron chi connectivity index (χ1n) is 9.23. The molecule has 1 aromatic rings. The molecule has 0 aliphatic carbocycles. The molecule has 0 aromatic carbocycles. The van der Waals surface area contributed by atoms with Gasteiger partial charge in [0, 0.05) is 37.0 Å². The Morgan fingerprint density at radius 2 is 1.86 bits per heavy atom. The molecule has 0 radical (unpaired) electrons. The second-order valence-corrected chi connectivity index (χ2v) is 6.63. The summed E-state index contributed by atoms with van der Waals surface area (Å²) in [6.45, 7) is 6.64. The number of carbonyl (C=O) groups excluding carboxylic acids is 2. The molecule has 0 unspecified atom stereocenters. The van der Waals surface area contributed by atoms with Crippen molar-refractivity contribution in [2.75, 3.05) is 24.2 Å². The van der Waals surface area contributed by atoms with Crippen molar-refractivity contribution in [2.45, 2.75) is 46.5 Å². The fourth-order valence-corrected chi connectivity index (χ4v) is 2.48. The predicted octanol–water partition coefficient (Wildman–Crippen LogP) is 1.53. The van der Waals surface area contributed by atoms with Crippen LogP contribution in [0.15, 0.2) is 10.9 Å². The number of nitrogens with zero attached hydrogens (tertiary/aromatic N) is 1. The number of rotatable bonds is 10. The molecule has 0 aliphatic heterocycles. The van der Waals surface area contributed by atoms with E-state index >= 15 is 0 Å². The minimum atomic E-state index is -0.453. The van der Waals surface area contributed by atoms with E-state index in [0.717, 1.165) is 6.42 Å². The summed E-state index contributed by atoms with van der Waals surface area (Å²) in [4.78, 5) is 41.0. The summed E-state index contributed by atoms with van der Waals surface area (Å²) < 4.78 is 0. The number of hydrogen-bond donors (Lipinski definition) is 6.